The third-order valence-corrected chi connectivity index (χ3v) is 7.30. The summed E-state index contributed by atoms with van der Waals surface area (Å²) in [6.45, 7) is 4.49. The second-order valence-corrected chi connectivity index (χ2v) is 10.1. The zero-order valence-corrected chi connectivity index (χ0v) is 20.6. The molecule has 4 rings (SSSR count). The van der Waals surface area contributed by atoms with Crippen molar-refractivity contribution in [2.75, 3.05) is 20.2 Å². The van der Waals surface area contributed by atoms with Crippen LogP contribution in [0.3, 0.4) is 0 Å². The summed E-state index contributed by atoms with van der Waals surface area (Å²) < 4.78 is 5.62. The van der Waals surface area contributed by atoms with Crippen molar-refractivity contribution >= 4 is 18.0 Å². The van der Waals surface area contributed by atoms with E-state index in [0.29, 0.717) is 19.3 Å². The van der Waals surface area contributed by atoms with Crippen LogP contribution in [0.15, 0.2) is 48.5 Å². The Morgan fingerprint density at radius 2 is 1.60 bits per heavy atom. The average molecular weight is 479 g/mol. The van der Waals surface area contributed by atoms with Gasteiger partial charge in [-0.15, -0.1) is 0 Å². The van der Waals surface area contributed by atoms with E-state index in [4.69, 9.17) is 9.84 Å². The summed E-state index contributed by atoms with van der Waals surface area (Å²) in [4.78, 5) is 38.5. The van der Waals surface area contributed by atoms with Crippen molar-refractivity contribution in [1.82, 2.24) is 10.2 Å². The minimum absolute atomic E-state index is 0.0202. The SMILES string of the molecule is CC(C)CC(CNC(=O)OCC1c2ccccc2-c2ccccc21)C(=O)N(C)C1CC(C(=O)O)C1. The summed E-state index contributed by atoms with van der Waals surface area (Å²) in [6.07, 6.45) is 1.05. The smallest absolute Gasteiger partial charge is 0.407 e. The van der Waals surface area contributed by atoms with Crippen molar-refractivity contribution in [3.63, 3.8) is 0 Å². The number of ether oxygens (including phenoxy) is 1. The molecule has 0 aliphatic heterocycles. The molecule has 35 heavy (non-hydrogen) atoms. The van der Waals surface area contributed by atoms with Gasteiger partial charge in [-0.3, -0.25) is 9.59 Å². The molecule has 1 saturated carbocycles. The number of rotatable bonds is 9. The Kier molecular flexibility index (Phi) is 7.43. The largest absolute Gasteiger partial charge is 0.481 e. The molecular formula is C28H34N2O5. The lowest BCUT2D eigenvalue weighted by atomic mass is 9.79. The van der Waals surface area contributed by atoms with Gasteiger partial charge in [-0.1, -0.05) is 62.4 Å². The molecule has 186 valence electrons. The third-order valence-electron chi connectivity index (χ3n) is 7.30. The quantitative estimate of drug-likeness (QED) is 0.553. The number of carbonyl (C=O) groups excluding carboxylic acids is 2. The number of nitrogens with one attached hydrogen (secondary N) is 1. The van der Waals surface area contributed by atoms with Gasteiger partial charge in [0.2, 0.25) is 5.91 Å². The molecule has 2 aromatic rings. The van der Waals surface area contributed by atoms with Gasteiger partial charge in [0.25, 0.3) is 0 Å². The highest BCUT2D eigenvalue weighted by Crippen LogP contribution is 2.44. The summed E-state index contributed by atoms with van der Waals surface area (Å²) in [5, 5.41) is 11.9. The van der Waals surface area contributed by atoms with Gasteiger partial charge >= 0.3 is 12.1 Å². The molecule has 0 aromatic heterocycles. The monoisotopic (exact) mass is 478 g/mol. The maximum atomic E-state index is 13.1. The van der Waals surface area contributed by atoms with Gasteiger partial charge in [-0.2, -0.15) is 0 Å². The summed E-state index contributed by atoms with van der Waals surface area (Å²) in [5.74, 6) is -1.38. The van der Waals surface area contributed by atoms with E-state index in [-0.39, 0.29) is 48.8 Å². The number of hydrogen-bond donors (Lipinski definition) is 2. The topological polar surface area (TPSA) is 95.9 Å². The van der Waals surface area contributed by atoms with Gasteiger partial charge < -0.3 is 20.1 Å². The molecule has 1 atom stereocenters. The molecule has 1 unspecified atom stereocenters. The van der Waals surface area contributed by atoms with Crippen LogP contribution in [-0.2, 0) is 14.3 Å². The molecule has 2 amide bonds. The highest BCUT2D eigenvalue weighted by molar-refractivity contribution is 5.81. The molecule has 1 fully saturated rings. The van der Waals surface area contributed by atoms with Crippen molar-refractivity contribution in [3.8, 4) is 11.1 Å². The molecule has 2 N–H and O–H groups in total. The third kappa shape index (κ3) is 5.34. The van der Waals surface area contributed by atoms with E-state index in [0.717, 1.165) is 11.1 Å². The van der Waals surface area contributed by atoms with Crippen LogP contribution in [-0.4, -0.2) is 54.2 Å². The number of aliphatic carboxylic acids is 1. The summed E-state index contributed by atoms with van der Waals surface area (Å²) in [7, 11) is 1.73. The number of benzene rings is 2. The number of hydrogen-bond acceptors (Lipinski definition) is 4. The number of carboxylic acids is 1. The van der Waals surface area contributed by atoms with Crippen LogP contribution in [0.4, 0.5) is 4.79 Å². The van der Waals surface area contributed by atoms with Crippen LogP contribution >= 0.6 is 0 Å². The number of nitrogens with zero attached hydrogens (tertiary/aromatic N) is 1. The molecule has 2 aromatic carbocycles. The van der Waals surface area contributed by atoms with Crippen molar-refractivity contribution in [2.24, 2.45) is 17.8 Å². The Morgan fingerprint density at radius 1 is 1.03 bits per heavy atom. The van der Waals surface area contributed by atoms with Crippen LogP contribution < -0.4 is 5.32 Å². The lowest BCUT2D eigenvalue weighted by molar-refractivity contribution is -0.151. The van der Waals surface area contributed by atoms with Crippen LogP contribution in [0, 0.1) is 17.8 Å². The fraction of sp³-hybridized carbons (Fsp3) is 0.464. The summed E-state index contributed by atoms with van der Waals surface area (Å²) in [5.41, 5.74) is 4.64. The molecular weight excluding hydrogens is 444 g/mol. The average Bonchev–Trinajstić information content (AvgIpc) is 3.12. The number of amides is 2. The van der Waals surface area contributed by atoms with E-state index in [1.807, 2.05) is 38.1 Å². The predicted octanol–water partition coefficient (Wildman–Crippen LogP) is 4.51. The highest BCUT2D eigenvalue weighted by atomic mass is 16.5. The molecule has 2 aliphatic rings. The lowest BCUT2D eigenvalue weighted by Gasteiger charge is -2.40. The molecule has 0 saturated heterocycles. The molecule has 0 radical (unpaired) electrons. The van der Waals surface area contributed by atoms with Crippen molar-refractivity contribution in [3.05, 3.63) is 59.7 Å². The molecule has 7 heteroatoms. The van der Waals surface area contributed by atoms with E-state index in [2.05, 4.69) is 29.6 Å². The zero-order chi connectivity index (χ0) is 25.1. The fourth-order valence-corrected chi connectivity index (χ4v) is 5.27. The highest BCUT2D eigenvalue weighted by Gasteiger charge is 2.40. The number of carboxylic acid groups (broad SMARTS) is 1. The van der Waals surface area contributed by atoms with E-state index in [9.17, 15) is 14.4 Å². The first-order valence-electron chi connectivity index (χ1n) is 12.3. The number of fused-ring (bicyclic) bond motifs is 3. The standard InChI is InChI=1S/C28H34N2O5/c1-17(2)12-19(26(31)30(3)20-13-18(14-20)27(32)33)15-29-28(34)35-16-25-23-10-6-4-8-21(23)22-9-5-7-11-24(22)25/h4-11,17-20,25H,12-16H2,1-3H3,(H,29,34)(H,32,33). The number of alkyl carbamates (subject to hydrolysis) is 1. The van der Waals surface area contributed by atoms with E-state index >= 15 is 0 Å². The van der Waals surface area contributed by atoms with Crippen LogP contribution in [0.5, 0.6) is 0 Å². The Morgan fingerprint density at radius 3 is 2.14 bits per heavy atom. The Bertz CT molecular complexity index is 1050. The maximum Gasteiger partial charge on any atom is 0.407 e. The predicted molar refractivity (Wildman–Crippen MR) is 133 cm³/mol. The van der Waals surface area contributed by atoms with Gasteiger partial charge in [0.15, 0.2) is 0 Å². The van der Waals surface area contributed by atoms with E-state index < -0.39 is 12.1 Å². The van der Waals surface area contributed by atoms with Gasteiger partial charge in [0, 0.05) is 25.6 Å². The summed E-state index contributed by atoms with van der Waals surface area (Å²) in [6, 6.07) is 16.3. The van der Waals surface area contributed by atoms with Crippen LogP contribution in [0.25, 0.3) is 11.1 Å². The number of carbonyl (C=O) groups is 3. The molecule has 0 bridgehead atoms. The normalized spacial score (nSPS) is 19.3. The van der Waals surface area contributed by atoms with Crippen LogP contribution in [0.1, 0.15) is 50.2 Å². The van der Waals surface area contributed by atoms with Crippen molar-refractivity contribution in [1.29, 1.82) is 0 Å². The lowest BCUT2D eigenvalue weighted by Crippen LogP contribution is -2.51. The first-order valence-corrected chi connectivity index (χ1v) is 12.3. The van der Waals surface area contributed by atoms with Gasteiger partial charge in [-0.05, 0) is 47.4 Å². The maximum absolute atomic E-state index is 13.1. The minimum atomic E-state index is -0.808. The van der Waals surface area contributed by atoms with Crippen LogP contribution in [0.2, 0.25) is 0 Å². The fourth-order valence-electron chi connectivity index (χ4n) is 5.27. The Labute approximate surface area is 206 Å². The molecule has 7 nitrogen and oxygen atoms in total. The minimum Gasteiger partial charge on any atom is -0.481 e. The molecule has 0 spiro atoms. The second-order valence-electron chi connectivity index (χ2n) is 10.1. The first kappa shape index (κ1) is 24.8. The Balaban J connectivity index is 1.33. The second kappa shape index (κ2) is 10.5. The van der Waals surface area contributed by atoms with Gasteiger partial charge in [-0.25, -0.2) is 4.79 Å². The van der Waals surface area contributed by atoms with Crippen molar-refractivity contribution in [2.45, 2.75) is 45.1 Å². The molecule has 2 aliphatic carbocycles. The van der Waals surface area contributed by atoms with E-state index in [1.165, 1.54) is 11.1 Å². The van der Waals surface area contributed by atoms with Gasteiger partial charge in [0.1, 0.15) is 6.61 Å². The Hall–Kier alpha value is -3.35. The molecule has 0 heterocycles. The summed E-state index contributed by atoms with van der Waals surface area (Å²) >= 11 is 0. The zero-order valence-electron chi connectivity index (χ0n) is 20.6. The first-order chi connectivity index (χ1) is 16.8. The van der Waals surface area contributed by atoms with Crippen molar-refractivity contribution < 1.29 is 24.2 Å². The van der Waals surface area contributed by atoms with E-state index in [1.54, 1.807) is 11.9 Å². The van der Waals surface area contributed by atoms with Gasteiger partial charge in [0.05, 0.1) is 11.8 Å².